The molecule has 4 nitrogen and oxygen atoms in total. The fourth-order valence-corrected chi connectivity index (χ4v) is 1.61. The molecule has 5 heteroatoms. The molecule has 0 aliphatic rings. The highest BCUT2D eigenvalue weighted by Crippen LogP contribution is 1.99. The van der Waals surface area contributed by atoms with E-state index in [9.17, 15) is 13.2 Å². The van der Waals surface area contributed by atoms with Gasteiger partial charge >= 0.3 is 0 Å². The standard InChI is InChI=1S/C9H19NO3S/c1-7(2)9(11)10-5-6-14(12,13)8(3)4/h7-8H,5-6H2,1-4H3,(H,10,11). The Hall–Kier alpha value is -0.580. The Morgan fingerprint density at radius 3 is 2.07 bits per heavy atom. The summed E-state index contributed by atoms with van der Waals surface area (Å²) < 4.78 is 22.7. The number of amides is 1. The fourth-order valence-electron chi connectivity index (χ4n) is 0.756. The Morgan fingerprint density at radius 1 is 1.21 bits per heavy atom. The maximum Gasteiger partial charge on any atom is 0.222 e. The quantitative estimate of drug-likeness (QED) is 0.738. The summed E-state index contributed by atoms with van der Waals surface area (Å²) in [5, 5.41) is 2.20. The molecular weight excluding hydrogens is 202 g/mol. The summed E-state index contributed by atoms with van der Waals surface area (Å²) in [6, 6.07) is 0. The molecule has 0 aromatic heterocycles. The Morgan fingerprint density at radius 2 is 1.71 bits per heavy atom. The average Bonchev–Trinajstić information content (AvgIpc) is 2.03. The Balaban J connectivity index is 3.93. The lowest BCUT2D eigenvalue weighted by Gasteiger charge is -2.09. The molecule has 0 heterocycles. The van der Waals surface area contributed by atoms with Crippen LogP contribution in [0.5, 0.6) is 0 Å². The molecule has 84 valence electrons. The molecule has 1 amide bonds. The summed E-state index contributed by atoms with van der Waals surface area (Å²) in [6.07, 6.45) is 0. The van der Waals surface area contributed by atoms with E-state index in [1.54, 1.807) is 27.7 Å². The number of rotatable bonds is 5. The van der Waals surface area contributed by atoms with E-state index >= 15 is 0 Å². The van der Waals surface area contributed by atoms with Crippen LogP contribution in [0.2, 0.25) is 0 Å². The molecule has 14 heavy (non-hydrogen) atoms. The molecule has 0 rings (SSSR count). The van der Waals surface area contributed by atoms with Crippen molar-refractivity contribution in [1.29, 1.82) is 0 Å². The summed E-state index contributed by atoms with van der Waals surface area (Å²) in [5.41, 5.74) is 0. The van der Waals surface area contributed by atoms with Crippen molar-refractivity contribution in [2.45, 2.75) is 32.9 Å². The minimum atomic E-state index is -3.03. The van der Waals surface area contributed by atoms with Gasteiger partial charge in [-0.1, -0.05) is 13.8 Å². The Labute approximate surface area is 86.0 Å². The molecule has 0 aliphatic carbocycles. The molecule has 0 saturated heterocycles. The third-order valence-electron chi connectivity index (χ3n) is 1.93. The molecule has 0 atom stereocenters. The zero-order valence-corrected chi connectivity index (χ0v) is 10.0. The maximum absolute atomic E-state index is 11.3. The Bertz CT molecular complexity index is 280. The molecular formula is C9H19NO3S. The summed E-state index contributed by atoms with van der Waals surface area (Å²) in [4.78, 5) is 11.1. The van der Waals surface area contributed by atoms with Gasteiger partial charge in [-0.3, -0.25) is 4.79 Å². The second kappa shape index (κ2) is 5.34. The third-order valence-corrected chi connectivity index (χ3v) is 4.14. The molecule has 0 unspecified atom stereocenters. The average molecular weight is 221 g/mol. The summed E-state index contributed by atoms with van der Waals surface area (Å²) in [7, 11) is -3.03. The van der Waals surface area contributed by atoms with Gasteiger partial charge in [0.25, 0.3) is 0 Å². The van der Waals surface area contributed by atoms with Crippen LogP contribution in [0.15, 0.2) is 0 Å². The first-order valence-corrected chi connectivity index (χ1v) is 6.48. The third kappa shape index (κ3) is 4.60. The van der Waals surface area contributed by atoms with Gasteiger partial charge in [-0.05, 0) is 13.8 Å². The van der Waals surface area contributed by atoms with E-state index in [1.807, 2.05) is 0 Å². The first-order valence-electron chi connectivity index (χ1n) is 4.76. The number of nitrogens with one attached hydrogen (secondary N) is 1. The largest absolute Gasteiger partial charge is 0.355 e. The topological polar surface area (TPSA) is 63.2 Å². The van der Waals surface area contributed by atoms with Crippen LogP contribution in [0.1, 0.15) is 27.7 Å². The highest BCUT2D eigenvalue weighted by molar-refractivity contribution is 7.92. The predicted octanol–water partition coefficient (Wildman–Crippen LogP) is 0.582. The molecule has 1 N–H and O–H groups in total. The molecule has 0 bridgehead atoms. The minimum Gasteiger partial charge on any atom is -0.355 e. The van der Waals surface area contributed by atoms with Gasteiger partial charge < -0.3 is 5.32 Å². The second-order valence-corrected chi connectivity index (χ2v) is 6.54. The molecule has 0 aromatic rings. The summed E-state index contributed by atoms with van der Waals surface area (Å²) in [5.74, 6) is -0.191. The fraction of sp³-hybridized carbons (Fsp3) is 0.889. The normalized spacial score (nSPS) is 12.1. The summed E-state index contributed by atoms with van der Waals surface area (Å²) >= 11 is 0. The SMILES string of the molecule is CC(C)C(=O)NCCS(=O)(=O)C(C)C. The van der Waals surface area contributed by atoms with Crippen LogP contribution < -0.4 is 5.32 Å². The van der Waals surface area contributed by atoms with Gasteiger partial charge in [0, 0.05) is 12.5 Å². The lowest BCUT2D eigenvalue weighted by Crippen LogP contribution is -2.33. The van der Waals surface area contributed by atoms with Crippen molar-refractivity contribution in [1.82, 2.24) is 5.32 Å². The highest BCUT2D eigenvalue weighted by atomic mass is 32.2. The zero-order chi connectivity index (χ0) is 11.4. The van der Waals surface area contributed by atoms with Gasteiger partial charge in [0.15, 0.2) is 9.84 Å². The van der Waals surface area contributed by atoms with E-state index < -0.39 is 9.84 Å². The van der Waals surface area contributed by atoms with E-state index in [1.165, 1.54) is 0 Å². The Kier molecular flexibility index (Phi) is 5.12. The molecule has 0 fully saturated rings. The molecule has 0 aliphatic heterocycles. The van der Waals surface area contributed by atoms with Gasteiger partial charge in [0.05, 0.1) is 11.0 Å². The smallest absolute Gasteiger partial charge is 0.222 e. The van der Waals surface area contributed by atoms with E-state index in [4.69, 9.17) is 0 Å². The highest BCUT2D eigenvalue weighted by Gasteiger charge is 2.16. The van der Waals surface area contributed by atoms with E-state index in [2.05, 4.69) is 5.32 Å². The number of carbonyl (C=O) groups is 1. The summed E-state index contributed by atoms with van der Waals surface area (Å²) in [6.45, 7) is 7.02. The number of carbonyl (C=O) groups excluding carboxylic acids is 1. The maximum atomic E-state index is 11.3. The van der Waals surface area contributed by atoms with Crippen LogP contribution in [-0.2, 0) is 14.6 Å². The van der Waals surface area contributed by atoms with Gasteiger partial charge in [-0.15, -0.1) is 0 Å². The number of hydrogen-bond donors (Lipinski definition) is 1. The van der Waals surface area contributed by atoms with Gasteiger partial charge in [-0.2, -0.15) is 0 Å². The molecule has 0 radical (unpaired) electrons. The van der Waals surface area contributed by atoms with Crippen molar-refractivity contribution < 1.29 is 13.2 Å². The van der Waals surface area contributed by atoms with Crippen LogP contribution >= 0.6 is 0 Å². The lowest BCUT2D eigenvalue weighted by atomic mass is 10.2. The van der Waals surface area contributed by atoms with Crippen LogP contribution in [-0.4, -0.2) is 31.9 Å². The van der Waals surface area contributed by atoms with Crippen molar-refractivity contribution in [3.05, 3.63) is 0 Å². The van der Waals surface area contributed by atoms with Crippen LogP contribution in [0.3, 0.4) is 0 Å². The first-order chi connectivity index (χ1) is 6.27. The molecule has 0 spiro atoms. The first kappa shape index (κ1) is 13.4. The van der Waals surface area contributed by atoms with Crippen LogP contribution in [0.25, 0.3) is 0 Å². The van der Waals surface area contributed by atoms with Crippen molar-refractivity contribution in [3.8, 4) is 0 Å². The van der Waals surface area contributed by atoms with Gasteiger partial charge in [-0.25, -0.2) is 8.42 Å². The molecule has 0 aromatic carbocycles. The van der Waals surface area contributed by atoms with Crippen molar-refractivity contribution in [2.75, 3.05) is 12.3 Å². The van der Waals surface area contributed by atoms with Crippen molar-refractivity contribution >= 4 is 15.7 Å². The minimum absolute atomic E-state index is 0.0170. The van der Waals surface area contributed by atoms with Crippen LogP contribution in [0, 0.1) is 5.92 Å². The van der Waals surface area contributed by atoms with E-state index in [0.29, 0.717) is 0 Å². The predicted molar refractivity (Wildman–Crippen MR) is 56.8 cm³/mol. The van der Waals surface area contributed by atoms with Gasteiger partial charge in [0.1, 0.15) is 0 Å². The second-order valence-electron chi connectivity index (χ2n) is 3.86. The number of hydrogen-bond acceptors (Lipinski definition) is 3. The molecule has 0 saturated carbocycles. The van der Waals surface area contributed by atoms with E-state index in [0.717, 1.165) is 0 Å². The lowest BCUT2D eigenvalue weighted by molar-refractivity contribution is -0.123. The van der Waals surface area contributed by atoms with E-state index in [-0.39, 0.29) is 29.4 Å². The van der Waals surface area contributed by atoms with Crippen molar-refractivity contribution in [3.63, 3.8) is 0 Å². The monoisotopic (exact) mass is 221 g/mol. The number of sulfone groups is 1. The van der Waals surface area contributed by atoms with Crippen molar-refractivity contribution in [2.24, 2.45) is 5.92 Å². The zero-order valence-electron chi connectivity index (χ0n) is 9.20. The van der Waals surface area contributed by atoms with Crippen LogP contribution in [0.4, 0.5) is 0 Å². The van der Waals surface area contributed by atoms with Gasteiger partial charge in [0.2, 0.25) is 5.91 Å².